The first-order chi connectivity index (χ1) is 5.75. The molecule has 1 unspecified atom stereocenters. The molecule has 2 rings (SSSR count). The fraction of sp³-hybridized carbons (Fsp3) is 0.600. The molecule has 1 aromatic heterocycles. The molecule has 1 heterocycles. The van der Waals surface area contributed by atoms with Crippen LogP contribution < -0.4 is 5.73 Å². The third kappa shape index (κ3) is 1.87. The van der Waals surface area contributed by atoms with Gasteiger partial charge in [0.05, 0.1) is 0 Å². The molecule has 1 nitrogen and oxygen atoms in total. The van der Waals surface area contributed by atoms with Crippen molar-refractivity contribution in [3.8, 4) is 0 Å². The van der Waals surface area contributed by atoms with Gasteiger partial charge >= 0.3 is 0 Å². The van der Waals surface area contributed by atoms with Gasteiger partial charge in [0.1, 0.15) is 0 Å². The molecule has 0 saturated heterocycles. The monoisotopic (exact) mass is 181 g/mol. The van der Waals surface area contributed by atoms with Crippen LogP contribution in [-0.2, 0) is 6.42 Å². The fourth-order valence-corrected chi connectivity index (χ4v) is 2.48. The molecule has 12 heavy (non-hydrogen) atoms. The molecule has 0 radical (unpaired) electrons. The Morgan fingerprint density at radius 3 is 2.83 bits per heavy atom. The normalized spacial score (nSPS) is 19.5. The van der Waals surface area contributed by atoms with Crippen LogP contribution in [0.5, 0.6) is 0 Å². The Balaban J connectivity index is 1.93. The van der Waals surface area contributed by atoms with E-state index in [1.807, 2.05) is 11.3 Å². The summed E-state index contributed by atoms with van der Waals surface area (Å²) >= 11 is 1.88. The van der Waals surface area contributed by atoms with E-state index in [9.17, 15) is 0 Å². The summed E-state index contributed by atoms with van der Waals surface area (Å²) in [6.45, 7) is 2.15. The lowest BCUT2D eigenvalue weighted by Gasteiger charge is -2.07. The van der Waals surface area contributed by atoms with Gasteiger partial charge in [0.2, 0.25) is 0 Å². The highest BCUT2D eigenvalue weighted by Gasteiger charge is 2.28. The predicted molar refractivity (Wildman–Crippen MR) is 53.5 cm³/mol. The summed E-state index contributed by atoms with van der Waals surface area (Å²) in [6, 6.07) is 4.81. The van der Waals surface area contributed by atoms with Crippen molar-refractivity contribution >= 4 is 11.3 Å². The highest BCUT2D eigenvalue weighted by molar-refractivity contribution is 7.11. The third-order valence-electron chi connectivity index (χ3n) is 2.46. The van der Waals surface area contributed by atoms with E-state index in [-0.39, 0.29) is 0 Å². The second-order valence-corrected chi connectivity index (χ2v) is 5.09. The molecular formula is C10H15NS. The molecule has 1 aromatic rings. The number of nitrogens with two attached hydrogens (primary N) is 1. The van der Waals surface area contributed by atoms with Gasteiger partial charge in [-0.3, -0.25) is 0 Å². The Bertz CT molecular complexity index is 263. The van der Waals surface area contributed by atoms with Gasteiger partial charge in [-0.1, -0.05) is 0 Å². The molecule has 0 aromatic carbocycles. The van der Waals surface area contributed by atoms with E-state index in [2.05, 4.69) is 19.1 Å². The number of hydrogen-bond donors (Lipinski definition) is 1. The van der Waals surface area contributed by atoms with Crippen LogP contribution in [0.15, 0.2) is 12.1 Å². The molecule has 0 spiro atoms. The SMILES string of the molecule is Cc1ccc(CC(N)C2CC2)s1. The quantitative estimate of drug-likeness (QED) is 0.761. The van der Waals surface area contributed by atoms with Gasteiger partial charge in [-0.25, -0.2) is 0 Å². The minimum Gasteiger partial charge on any atom is -0.327 e. The topological polar surface area (TPSA) is 26.0 Å². The second-order valence-electron chi connectivity index (χ2n) is 3.72. The van der Waals surface area contributed by atoms with E-state index < -0.39 is 0 Å². The summed E-state index contributed by atoms with van der Waals surface area (Å²) in [5.41, 5.74) is 6.03. The van der Waals surface area contributed by atoms with E-state index in [4.69, 9.17) is 5.73 Å². The summed E-state index contributed by atoms with van der Waals surface area (Å²) in [5, 5.41) is 0. The Kier molecular flexibility index (Phi) is 2.20. The average molecular weight is 181 g/mol. The largest absolute Gasteiger partial charge is 0.327 e. The molecule has 1 aliphatic rings. The van der Waals surface area contributed by atoms with Crippen LogP contribution in [0.2, 0.25) is 0 Å². The van der Waals surface area contributed by atoms with E-state index in [1.54, 1.807) is 0 Å². The maximum atomic E-state index is 6.03. The molecule has 1 saturated carbocycles. The number of aryl methyl sites for hydroxylation is 1. The van der Waals surface area contributed by atoms with Gasteiger partial charge < -0.3 is 5.73 Å². The van der Waals surface area contributed by atoms with Gasteiger partial charge in [-0.05, 0) is 44.2 Å². The number of rotatable bonds is 3. The first-order valence-electron chi connectivity index (χ1n) is 4.56. The Labute approximate surface area is 77.6 Å². The zero-order chi connectivity index (χ0) is 8.55. The van der Waals surface area contributed by atoms with Crippen LogP contribution >= 0.6 is 11.3 Å². The maximum Gasteiger partial charge on any atom is 0.0116 e. The van der Waals surface area contributed by atoms with Gasteiger partial charge in [0.15, 0.2) is 0 Å². The van der Waals surface area contributed by atoms with Crippen molar-refractivity contribution < 1.29 is 0 Å². The van der Waals surface area contributed by atoms with Crippen LogP contribution in [0, 0.1) is 12.8 Å². The first-order valence-corrected chi connectivity index (χ1v) is 5.38. The second kappa shape index (κ2) is 3.19. The molecule has 66 valence electrons. The molecule has 2 heteroatoms. The van der Waals surface area contributed by atoms with E-state index >= 15 is 0 Å². The van der Waals surface area contributed by atoms with Crippen molar-refractivity contribution in [3.05, 3.63) is 21.9 Å². The van der Waals surface area contributed by atoms with Crippen molar-refractivity contribution in [2.45, 2.75) is 32.2 Å². The molecule has 0 amide bonds. The van der Waals surface area contributed by atoms with Crippen molar-refractivity contribution in [3.63, 3.8) is 0 Å². The van der Waals surface area contributed by atoms with E-state index in [0.717, 1.165) is 12.3 Å². The zero-order valence-electron chi connectivity index (χ0n) is 7.42. The highest BCUT2D eigenvalue weighted by Crippen LogP contribution is 2.33. The lowest BCUT2D eigenvalue weighted by atomic mass is 10.1. The average Bonchev–Trinajstić information content (AvgIpc) is 2.78. The fourth-order valence-electron chi connectivity index (χ4n) is 1.52. The Morgan fingerprint density at radius 2 is 2.33 bits per heavy atom. The summed E-state index contributed by atoms with van der Waals surface area (Å²) in [6.07, 6.45) is 3.79. The summed E-state index contributed by atoms with van der Waals surface area (Å²) < 4.78 is 0. The van der Waals surface area contributed by atoms with Crippen LogP contribution in [-0.4, -0.2) is 6.04 Å². The Morgan fingerprint density at radius 1 is 1.58 bits per heavy atom. The smallest absolute Gasteiger partial charge is 0.0116 e. The van der Waals surface area contributed by atoms with Gasteiger partial charge in [-0.2, -0.15) is 0 Å². The number of thiophene rings is 1. The molecule has 1 aliphatic carbocycles. The molecular weight excluding hydrogens is 166 g/mol. The maximum absolute atomic E-state index is 6.03. The Hall–Kier alpha value is -0.340. The first kappa shape index (κ1) is 8.27. The summed E-state index contributed by atoms with van der Waals surface area (Å²) in [5.74, 6) is 0.826. The van der Waals surface area contributed by atoms with Crippen molar-refractivity contribution in [1.29, 1.82) is 0 Å². The number of hydrogen-bond acceptors (Lipinski definition) is 2. The van der Waals surface area contributed by atoms with Crippen molar-refractivity contribution in [1.82, 2.24) is 0 Å². The standard InChI is InChI=1S/C10H15NS/c1-7-2-5-9(12-7)6-10(11)8-3-4-8/h2,5,8,10H,3-4,6,11H2,1H3. The molecule has 0 bridgehead atoms. The molecule has 1 fully saturated rings. The zero-order valence-corrected chi connectivity index (χ0v) is 8.23. The van der Waals surface area contributed by atoms with Gasteiger partial charge in [-0.15, -0.1) is 11.3 Å². The van der Waals surface area contributed by atoms with E-state index in [1.165, 1.54) is 22.6 Å². The third-order valence-corrected chi connectivity index (χ3v) is 3.48. The molecule has 0 aliphatic heterocycles. The van der Waals surface area contributed by atoms with Crippen LogP contribution in [0.3, 0.4) is 0 Å². The van der Waals surface area contributed by atoms with E-state index in [0.29, 0.717) is 6.04 Å². The highest BCUT2D eigenvalue weighted by atomic mass is 32.1. The van der Waals surface area contributed by atoms with Crippen LogP contribution in [0.1, 0.15) is 22.6 Å². The lowest BCUT2D eigenvalue weighted by molar-refractivity contribution is 0.596. The van der Waals surface area contributed by atoms with Gasteiger partial charge in [0, 0.05) is 15.8 Å². The minimum atomic E-state index is 0.419. The van der Waals surface area contributed by atoms with Crippen LogP contribution in [0.4, 0.5) is 0 Å². The van der Waals surface area contributed by atoms with Crippen molar-refractivity contribution in [2.75, 3.05) is 0 Å². The predicted octanol–water partition coefficient (Wildman–Crippen LogP) is 2.34. The molecule has 1 atom stereocenters. The van der Waals surface area contributed by atoms with Gasteiger partial charge in [0.25, 0.3) is 0 Å². The summed E-state index contributed by atoms with van der Waals surface area (Å²) in [7, 11) is 0. The lowest BCUT2D eigenvalue weighted by Crippen LogP contribution is -2.24. The van der Waals surface area contributed by atoms with Crippen LogP contribution in [0.25, 0.3) is 0 Å². The summed E-state index contributed by atoms with van der Waals surface area (Å²) in [4.78, 5) is 2.85. The minimum absolute atomic E-state index is 0.419. The van der Waals surface area contributed by atoms with Crippen molar-refractivity contribution in [2.24, 2.45) is 11.7 Å². The molecule has 2 N–H and O–H groups in total.